The van der Waals surface area contributed by atoms with E-state index in [0.29, 0.717) is 36.5 Å². The van der Waals surface area contributed by atoms with Gasteiger partial charge in [-0.15, -0.1) is 11.8 Å². The summed E-state index contributed by atoms with van der Waals surface area (Å²) in [5.41, 5.74) is 2.37. The van der Waals surface area contributed by atoms with Gasteiger partial charge in [-0.2, -0.15) is 0 Å². The van der Waals surface area contributed by atoms with Gasteiger partial charge in [-0.25, -0.2) is 9.78 Å². The van der Waals surface area contributed by atoms with Gasteiger partial charge in [-0.3, -0.25) is 9.78 Å². The van der Waals surface area contributed by atoms with Crippen LogP contribution >= 0.6 is 11.8 Å². The number of pyridine rings is 2. The SMILES string of the molecule is COc1ccc2nccc(CC(NC(=O)OC(C)(C)C)[C@H]3CC[C@H](NCc4ccc5c(n4)NC(=O)CS5)CC3)c2c1. The zero-order chi connectivity index (χ0) is 29.0. The largest absolute Gasteiger partial charge is 0.497 e. The lowest BCUT2D eigenvalue weighted by Crippen LogP contribution is -2.46. The van der Waals surface area contributed by atoms with E-state index in [-0.39, 0.29) is 18.0 Å². The molecule has 218 valence electrons. The molecule has 2 amide bonds. The van der Waals surface area contributed by atoms with Crippen molar-refractivity contribution in [3.05, 3.63) is 53.9 Å². The second-order valence-corrected chi connectivity index (χ2v) is 12.8. The molecular formula is C31H39N5O4S. The standard InChI is InChI=1S/C31H39N5O4S/c1-31(2,3)40-30(38)35-26(15-20-13-14-32-25-11-10-23(39-4)16-24(20)25)19-5-7-21(8-6-19)33-17-22-9-12-27-29(34-22)36-28(37)18-41-27/h9-14,16,19,21,26,33H,5-8,15,17-18H2,1-4H3,(H,35,38)(H,34,36,37)/t19-,21-,26?. The van der Waals surface area contributed by atoms with Crippen LogP contribution in [0.3, 0.4) is 0 Å². The monoisotopic (exact) mass is 577 g/mol. The minimum atomic E-state index is -0.570. The van der Waals surface area contributed by atoms with Gasteiger partial charge in [-0.05, 0) is 101 Å². The Morgan fingerprint density at radius 1 is 1.15 bits per heavy atom. The molecule has 1 atom stereocenters. The summed E-state index contributed by atoms with van der Waals surface area (Å²) < 4.78 is 11.1. The number of nitrogens with one attached hydrogen (secondary N) is 3. The molecule has 0 saturated heterocycles. The minimum Gasteiger partial charge on any atom is -0.497 e. The quantitative estimate of drug-likeness (QED) is 0.323. The molecule has 2 aromatic heterocycles. The normalized spacial score (nSPS) is 19.7. The van der Waals surface area contributed by atoms with E-state index >= 15 is 0 Å². The number of aromatic nitrogens is 2. The molecule has 1 aliphatic carbocycles. The first-order valence-electron chi connectivity index (χ1n) is 14.2. The number of hydrogen-bond acceptors (Lipinski definition) is 8. The fourth-order valence-electron chi connectivity index (χ4n) is 5.60. The van der Waals surface area contributed by atoms with Gasteiger partial charge in [0, 0.05) is 30.2 Å². The molecule has 0 radical (unpaired) electrons. The molecule has 3 aromatic rings. The number of anilines is 1. The molecule has 9 nitrogen and oxygen atoms in total. The van der Waals surface area contributed by atoms with Crippen molar-refractivity contribution in [3.8, 4) is 5.75 Å². The van der Waals surface area contributed by atoms with Crippen LogP contribution in [0.4, 0.5) is 10.6 Å². The Bertz CT molecular complexity index is 1400. The molecule has 0 spiro atoms. The summed E-state index contributed by atoms with van der Waals surface area (Å²) in [7, 11) is 1.66. The molecule has 1 fully saturated rings. The highest BCUT2D eigenvalue weighted by atomic mass is 32.2. The minimum absolute atomic E-state index is 0.00752. The van der Waals surface area contributed by atoms with Crippen LogP contribution in [0, 0.1) is 5.92 Å². The number of rotatable bonds is 8. The maximum absolute atomic E-state index is 12.9. The summed E-state index contributed by atoms with van der Waals surface area (Å²) in [5, 5.41) is 10.8. The lowest BCUT2D eigenvalue weighted by atomic mass is 9.79. The van der Waals surface area contributed by atoms with Crippen molar-refractivity contribution in [2.75, 3.05) is 18.2 Å². The molecule has 2 aliphatic rings. The summed E-state index contributed by atoms with van der Waals surface area (Å²) in [6.07, 6.45) is 6.08. The number of carbonyl (C=O) groups is 2. The Kier molecular flexibility index (Phi) is 8.99. The number of ether oxygens (including phenoxy) is 2. The van der Waals surface area contributed by atoms with E-state index in [9.17, 15) is 9.59 Å². The second-order valence-electron chi connectivity index (χ2n) is 11.8. The van der Waals surface area contributed by atoms with Crippen LogP contribution in [-0.4, -0.2) is 52.5 Å². The summed E-state index contributed by atoms with van der Waals surface area (Å²) >= 11 is 1.52. The van der Waals surface area contributed by atoms with E-state index in [1.165, 1.54) is 11.8 Å². The van der Waals surface area contributed by atoms with Crippen LogP contribution in [0.25, 0.3) is 10.9 Å². The van der Waals surface area contributed by atoms with E-state index in [2.05, 4.69) is 25.9 Å². The molecular weight excluding hydrogens is 538 g/mol. The van der Waals surface area contributed by atoms with Crippen molar-refractivity contribution >= 4 is 40.5 Å². The number of nitrogens with zero attached hydrogens (tertiary/aromatic N) is 2. The molecule has 1 unspecified atom stereocenters. The lowest BCUT2D eigenvalue weighted by Gasteiger charge is -2.35. The fraction of sp³-hybridized carbons (Fsp3) is 0.484. The lowest BCUT2D eigenvalue weighted by molar-refractivity contribution is -0.113. The molecule has 1 saturated carbocycles. The van der Waals surface area contributed by atoms with Gasteiger partial charge < -0.3 is 25.4 Å². The fourth-order valence-corrected chi connectivity index (χ4v) is 6.35. The molecule has 3 heterocycles. The van der Waals surface area contributed by atoms with Gasteiger partial charge in [0.25, 0.3) is 0 Å². The van der Waals surface area contributed by atoms with E-state index in [4.69, 9.17) is 9.47 Å². The first-order chi connectivity index (χ1) is 19.7. The van der Waals surface area contributed by atoms with Crippen LogP contribution in [0.5, 0.6) is 5.75 Å². The predicted molar refractivity (Wildman–Crippen MR) is 161 cm³/mol. The number of alkyl carbamates (subject to hydrolysis) is 1. The molecule has 1 aliphatic heterocycles. The summed E-state index contributed by atoms with van der Waals surface area (Å²) in [6, 6.07) is 12.3. The van der Waals surface area contributed by atoms with Crippen molar-refractivity contribution in [2.45, 2.75) is 82.0 Å². The number of fused-ring (bicyclic) bond motifs is 2. The van der Waals surface area contributed by atoms with Gasteiger partial charge in [0.2, 0.25) is 5.91 Å². The van der Waals surface area contributed by atoms with Gasteiger partial charge in [0.05, 0.1) is 29.0 Å². The van der Waals surface area contributed by atoms with E-state index in [1.54, 1.807) is 7.11 Å². The average Bonchev–Trinajstić information content (AvgIpc) is 2.94. The Balaban J connectivity index is 1.25. The molecule has 1 aromatic carbocycles. The van der Waals surface area contributed by atoms with Crippen molar-refractivity contribution < 1.29 is 19.1 Å². The van der Waals surface area contributed by atoms with Crippen molar-refractivity contribution in [1.82, 2.24) is 20.6 Å². The van der Waals surface area contributed by atoms with E-state index in [1.807, 2.05) is 63.4 Å². The summed E-state index contributed by atoms with van der Waals surface area (Å²) in [4.78, 5) is 34.8. The van der Waals surface area contributed by atoms with Crippen LogP contribution in [0.15, 0.2) is 47.5 Å². The predicted octanol–water partition coefficient (Wildman–Crippen LogP) is 5.47. The van der Waals surface area contributed by atoms with Crippen LogP contribution in [0.2, 0.25) is 0 Å². The van der Waals surface area contributed by atoms with Crippen LogP contribution in [0.1, 0.15) is 57.7 Å². The number of methoxy groups -OCH3 is 1. The Hall–Kier alpha value is -3.37. The number of amides is 2. The van der Waals surface area contributed by atoms with Gasteiger partial charge in [-0.1, -0.05) is 0 Å². The highest BCUT2D eigenvalue weighted by molar-refractivity contribution is 8.00. The number of benzene rings is 1. The maximum Gasteiger partial charge on any atom is 0.407 e. The summed E-state index contributed by atoms with van der Waals surface area (Å²) in [6.45, 7) is 6.29. The molecule has 0 bridgehead atoms. The molecule has 5 rings (SSSR count). The van der Waals surface area contributed by atoms with Crippen molar-refractivity contribution in [2.24, 2.45) is 5.92 Å². The molecule has 41 heavy (non-hydrogen) atoms. The number of hydrogen-bond donors (Lipinski definition) is 3. The highest BCUT2D eigenvalue weighted by Gasteiger charge is 2.31. The van der Waals surface area contributed by atoms with E-state index in [0.717, 1.165) is 58.5 Å². The first-order valence-corrected chi connectivity index (χ1v) is 15.2. The third-order valence-electron chi connectivity index (χ3n) is 7.63. The topological polar surface area (TPSA) is 114 Å². The Morgan fingerprint density at radius 2 is 1.95 bits per heavy atom. The van der Waals surface area contributed by atoms with Crippen molar-refractivity contribution in [1.29, 1.82) is 0 Å². The third-order valence-corrected chi connectivity index (χ3v) is 8.67. The average molecular weight is 578 g/mol. The maximum atomic E-state index is 12.9. The smallest absolute Gasteiger partial charge is 0.407 e. The van der Waals surface area contributed by atoms with Gasteiger partial charge in [0.15, 0.2) is 0 Å². The molecule has 10 heteroatoms. The van der Waals surface area contributed by atoms with Crippen molar-refractivity contribution in [3.63, 3.8) is 0 Å². The second kappa shape index (κ2) is 12.7. The van der Waals surface area contributed by atoms with E-state index < -0.39 is 5.60 Å². The first kappa shape index (κ1) is 29.1. The highest BCUT2D eigenvalue weighted by Crippen LogP contribution is 2.32. The number of thioether (sulfide) groups is 1. The van der Waals surface area contributed by atoms with Crippen LogP contribution in [-0.2, 0) is 22.5 Å². The zero-order valence-electron chi connectivity index (χ0n) is 24.2. The summed E-state index contributed by atoms with van der Waals surface area (Å²) in [5.74, 6) is 2.18. The van der Waals surface area contributed by atoms with Crippen LogP contribution < -0.4 is 20.7 Å². The zero-order valence-corrected chi connectivity index (χ0v) is 25.0. The molecule has 3 N–H and O–H groups in total. The Labute approximate surface area is 245 Å². The van der Waals surface area contributed by atoms with Gasteiger partial charge in [0.1, 0.15) is 17.2 Å². The van der Waals surface area contributed by atoms with Gasteiger partial charge >= 0.3 is 6.09 Å². The third kappa shape index (κ3) is 7.68. The number of carbonyl (C=O) groups excluding carboxylic acids is 2. The Morgan fingerprint density at radius 3 is 2.71 bits per heavy atom.